The third-order valence-electron chi connectivity index (χ3n) is 3.92. The number of nitrogen functional groups attached to an aromatic ring is 1. The van der Waals surface area contributed by atoms with E-state index >= 15 is 0 Å². The first-order valence-corrected chi connectivity index (χ1v) is 9.45. The lowest BCUT2D eigenvalue weighted by Gasteiger charge is -2.09. The van der Waals surface area contributed by atoms with Gasteiger partial charge in [0.05, 0.1) is 22.8 Å². The number of aliphatic hydroxyl groups excluding tert-OH is 1. The molecule has 29 heavy (non-hydrogen) atoms. The van der Waals surface area contributed by atoms with Gasteiger partial charge in [-0.3, -0.25) is 9.97 Å². The van der Waals surface area contributed by atoms with Crippen molar-refractivity contribution in [2.75, 3.05) is 12.8 Å². The summed E-state index contributed by atoms with van der Waals surface area (Å²) in [6, 6.07) is 23.5. The van der Waals surface area contributed by atoms with Crippen LogP contribution in [0, 0.1) is 0 Å². The van der Waals surface area contributed by atoms with Crippen molar-refractivity contribution in [3.05, 3.63) is 85.2 Å². The molecule has 0 radical (unpaired) electrons. The Morgan fingerprint density at radius 2 is 1.10 bits per heavy atom. The van der Waals surface area contributed by atoms with Gasteiger partial charge in [-0.1, -0.05) is 38.1 Å². The molecule has 0 amide bonds. The molecule has 1 aromatic carbocycles. The van der Waals surface area contributed by atoms with Crippen molar-refractivity contribution in [1.29, 1.82) is 0 Å². The second kappa shape index (κ2) is 11.3. The molecule has 0 spiro atoms. The normalized spacial score (nSPS) is 9.52. The zero-order valence-corrected chi connectivity index (χ0v) is 16.9. The molecule has 0 saturated carbocycles. The number of aliphatic hydroxyl groups is 1. The molecule has 0 saturated heterocycles. The van der Waals surface area contributed by atoms with Crippen LogP contribution in [0.1, 0.15) is 13.8 Å². The monoisotopic (exact) mass is 386 g/mol. The van der Waals surface area contributed by atoms with Gasteiger partial charge in [-0.15, -0.1) is 0 Å². The topological polar surface area (TPSA) is 84.9 Å². The maximum atomic E-state index is 7.00. The maximum absolute atomic E-state index is 7.00. The van der Waals surface area contributed by atoms with E-state index in [1.807, 2.05) is 86.6 Å². The minimum Gasteiger partial charge on any atom is -0.400 e. The van der Waals surface area contributed by atoms with Crippen molar-refractivity contribution in [3.63, 3.8) is 0 Å². The number of pyridine rings is 3. The number of rotatable bonds is 3. The van der Waals surface area contributed by atoms with Gasteiger partial charge in [0.2, 0.25) is 0 Å². The lowest BCUT2D eigenvalue weighted by atomic mass is 10.0. The van der Waals surface area contributed by atoms with E-state index in [2.05, 4.69) is 9.97 Å². The van der Waals surface area contributed by atoms with Gasteiger partial charge in [-0.2, -0.15) is 0 Å². The van der Waals surface area contributed by atoms with Crippen molar-refractivity contribution in [1.82, 2.24) is 15.0 Å². The third-order valence-corrected chi connectivity index (χ3v) is 3.92. The zero-order chi connectivity index (χ0) is 21.1. The zero-order valence-electron chi connectivity index (χ0n) is 16.9. The molecular weight excluding hydrogens is 360 g/mol. The molecule has 3 N–H and O–H groups in total. The summed E-state index contributed by atoms with van der Waals surface area (Å²) in [6.45, 7) is 4.00. The molecule has 5 heteroatoms. The largest absolute Gasteiger partial charge is 0.400 e. The highest BCUT2D eigenvalue weighted by Gasteiger charge is 2.10. The van der Waals surface area contributed by atoms with E-state index in [4.69, 9.17) is 15.8 Å². The van der Waals surface area contributed by atoms with E-state index < -0.39 is 0 Å². The fourth-order valence-electron chi connectivity index (χ4n) is 2.66. The molecule has 0 fully saturated rings. The van der Waals surface area contributed by atoms with Crippen LogP contribution in [0.4, 0.5) is 5.69 Å². The van der Waals surface area contributed by atoms with E-state index in [0.717, 1.165) is 46.7 Å². The Balaban J connectivity index is 0.000000707. The first kappa shape index (κ1) is 21.7. The van der Waals surface area contributed by atoms with Crippen LogP contribution < -0.4 is 5.73 Å². The SMILES string of the molecule is CC.CO.Nc1ccc(-c2cc(-c3ccccn3)nc(-c3ccccn3)c2)cc1. The summed E-state index contributed by atoms with van der Waals surface area (Å²) in [4.78, 5) is 13.6. The van der Waals surface area contributed by atoms with Gasteiger partial charge in [0.25, 0.3) is 0 Å². The Morgan fingerprint density at radius 3 is 1.52 bits per heavy atom. The average molecular weight is 386 g/mol. The molecule has 3 aromatic heterocycles. The number of benzene rings is 1. The quantitative estimate of drug-likeness (QED) is 0.479. The van der Waals surface area contributed by atoms with Crippen LogP contribution in [0.15, 0.2) is 85.2 Å². The van der Waals surface area contributed by atoms with E-state index in [9.17, 15) is 0 Å². The standard InChI is InChI=1S/C21H16N4.C2H6.CH4O/c22-17-9-7-15(8-10-17)16-13-20(18-5-1-3-11-23-18)25-21(14-16)19-6-2-4-12-24-19;2*1-2/h1-14H,22H2;1-2H3;2H,1H3. The van der Waals surface area contributed by atoms with E-state index in [-0.39, 0.29) is 0 Å². The maximum Gasteiger partial charge on any atom is 0.0900 e. The van der Waals surface area contributed by atoms with Crippen molar-refractivity contribution in [2.45, 2.75) is 13.8 Å². The van der Waals surface area contributed by atoms with Gasteiger partial charge < -0.3 is 10.8 Å². The molecule has 0 unspecified atom stereocenters. The number of hydrogen-bond donors (Lipinski definition) is 2. The van der Waals surface area contributed by atoms with Gasteiger partial charge in [0, 0.05) is 25.2 Å². The highest BCUT2D eigenvalue weighted by molar-refractivity contribution is 5.75. The molecule has 0 atom stereocenters. The van der Waals surface area contributed by atoms with Crippen LogP contribution in [0.3, 0.4) is 0 Å². The van der Waals surface area contributed by atoms with Crippen LogP contribution >= 0.6 is 0 Å². The lowest BCUT2D eigenvalue weighted by Crippen LogP contribution is -1.94. The van der Waals surface area contributed by atoms with Crippen LogP contribution in [0.25, 0.3) is 33.9 Å². The smallest absolute Gasteiger partial charge is 0.0900 e. The minimum absolute atomic E-state index is 0.743. The minimum atomic E-state index is 0.743. The molecule has 3 heterocycles. The Kier molecular flexibility index (Phi) is 8.48. The fourth-order valence-corrected chi connectivity index (χ4v) is 2.66. The highest BCUT2D eigenvalue weighted by Crippen LogP contribution is 2.29. The first-order chi connectivity index (χ1) is 14.3. The Hall–Kier alpha value is -3.57. The molecular formula is C24H26N4O. The van der Waals surface area contributed by atoms with E-state index in [1.165, 1.54) is 0 Å². The molecule has 0 aliphatic carbocycles. The Bertz CT molecular complexity index is 931. The first-order valence-electron chi connectivity index (χ1n) is 9.45. The van der Waals surface area contributed by atoms with Crippen molar-refractivity contribution in [2.24, 2.45) is 0 Å². The molecule has 148 valence electrons. The number of nitrogens with zero attached hydrogens (tertiary/aromatic N) is 3. The van der Waals surface area contributed by atoms with Crippen LogP contribution in [0.2, 0.25) is 0 Å². The molecule has 4 rings (SSSR count). The summed E-state index contributed by atoms with van der Waals surface area (Å²) in [6.07, 6.45) is 3.54. The number of anilines is 1. The number of aromatic nitrogens is 3. The molecule has 4 aromatic rings. The molecule has 0 aliphatic rings. The van der Waals surface area contributed by atoms with Gasteiger partial charge in [-0.05, 0) is 59.7 Å². The van der Waals surface area contributed by atoms with Crippen molar-refractivity contribution < 1.29 is 5.11 Å². The Morgan fingerprint density at radius 1 is 0.621 bits per heavy atom. The molecule has 0 aliphatic heterocycles. The van der Waals surface area contributed by atoms with Crippen LogP contribution in [0.5, 0.6) is 0 Å². The van der Waals surface area contributed by atoms with Gasteiger partial charge in [0.15, 0.2) is 0 Å². The van der Waals surface area contributed by atoms with Gasteiger partial charge >= 0.3 is 0 Å². The second-order valence-corrected chi connectivity index (χ2v) is 5.68. The summed E-state index contributed by atoms with van der Waals surface area (Å²) in [7, 11) is 1.00. The van der Waals surface area contributed by atoms with Crippen molar-refractivity contribution >= 4 is 5.69 Å². The summed E-state index contributed by atoms with van der Waals surface area (Å²) in [5.74, 6) is 0. The number of nitrogens with two attached hydrogens (primary N) is 1. The molecule has 0 bridgehead atoms. The third kappa shape index (κ3) is 5.70. The summed E-state index contributed by atoms with van der Waals surface area (Å²) < 4.78 is 0. The Labute approximate surface area is 172 Å². The highest BCUT2D eigenvalue weighted by atomic mass is 16.2. The van der Waals surface area contributed by atoms with Crippen LogP contribution in [-0.2, 0) is 0 Å². The average Bonchev–Trinajstić information content (AvgIpc) is 2.83. The van der Waals surface area contributed by atoms with E-state index in [1.54, 1.807) is 12.4 Å². The lowest BCUT2D eigenvalue weighted by molar-refractivity contribution is 0.399. The second-order valence-electron chi connectivity index (χ2n) is 5.68. The fraction of sp³-hybridized carbons (Fsp3) is 0.125. The van der Waals surface area contributed by atoms with Gasteiger partial charge in [0.1, 0.15) is 0 Å². The van der Waals surface area contributed by atoms with E-state index in [0.29, 0.717) is 0 Å². The summed E-state index contributed by atoms with van der Waals surface area (Å²) in [5, 5.41) is 7.00. The van der Waals surface area contributed by atoms with Crippen LogP contribution in [-0.4, -0.2) is 27.2 Å². The van der Waals surface area contributed by atoms with Gasteiger partial charge in [-0.25, -0.2) is 4.98 Å². The summed E-state index contributed by atoms with van der Waals surface area (Å²) in [5.41, 5.74) is 12.0. The predicted octanol–water partition coefficient (Wildman–Crippen LogP) is 5.09. The predicted molar refractivity (Wildman–Crippen MR) is 120 cm³/mol. The summed E-state index contributed by atoms with van der Waals surface area (Å²) >= 11 is 0. The molecule has 5 nitrogen and oxygen atoms in total. The number of hydrogen-bond acceptors (Lipinski definition) is 5. The van der Waals surface area contributed by atoms with Crippen molar-refractivity contribution in [3.8, 4) is 33.9 Å².